The van der Waals surface area contributed by atoms with Crippen molar-refractivity contribution in [1.29, 1.82) is 0 Å². The van der Waals surface area contributed by atoms with Crippen molar-refractivity contribution in [3.05, 3.63) is 0 Å². The number of sulfone groups is 1. The maximum atomic E-state index is 12.0. The molecule has 20 heavy (non-hydrogen) atoms. The highest BCUT2D eigenvalue weighted by Crippen LogP contribution is 2.15. The fourth-order valence-corrected chi connectivity index (χ4v) is 2.30. The van der Waals surface area contributed by atoms with E-state index in [-0.39, 0.29) is 5.75 Å². The Morgan fingerprint density at radius 3 is 2.35 bits per heavy atom. The number of hydrogen-bond acceptors (Lipinski definition) is 4. The molecule has 0 saturated heterocycles. The van der Waals surface area contributed by atoms with Crippen LogP contribution in [0.5, 0.6) is 0 Å². The average Bonchev–Trinajstić information content (AvgIpc) is 2.33. The third kappa shape index (κ3) is 7.69. The van der Waals surface area contributed by atoms with E-state index in [2.05, 4.69) is 15.6 Å². The van der Waals surface area contributed by atoms with Gasteiger partial charge in [0.15, 0.2) is 15.8 Å². The summed E-state index contributed by atoms with van der Waals surface area (Å²) in [6.07, 6.45) is 0. The van der Waals surface area contributed by atoms with Crippen molar-refractivity contribution in [2.75, 3.05) is 38.6 Å². The van der Waals surface area contributed by atoms with Gasteiger partial charge in [-0.1, -0.05) is 0 Å². The molecule has 0 heterocycles. The van der Waals surface area contributed by atoms with E-state index in [0.29, 0.717) is 32.3 Å². The molecule has 0 atom stereocenters. The lowest BCUT2D eigenvalue weighted by Crippen LogP contribution is -2.42. The summed E-state index contributed by atoms with van der Waals surface area (Å²) in [6.45, 7) is 11.9. The summed E-state index contributed by atoms with van der Waals surface area (Å²) in [7, 11) is -3.11. The number of nitrogens with one attached hydrogen (secondary N) is 2. The number of ether oxygens (including phenoxy) is 1. The van der Waals surface area contributed by atoms with Crippen molar-refractivity contribution in [2.24, 2.45) is 4.99 Å². The summed E-state index contributed by atoms with van der Waals surface area (Å²) in [5.74, 6) is 0.711. The molecule has 0 aliphatic heterocycles. The summed E-state index contributed by atoms with van der Waals surface area (Å²) < 4.78 is 28.4. The molecule has 2 N–H and O–H groups in total. The fraction of sp³-hybridized carbons (Fsp3) is 0.923. The van der Waals surface area contributed by atoms with E-state index in [0.717, 1.165) is 6.54 Å². The quantitative estimate of drug-likeness (QED) is 0.394. The highest BCUT2D eigenvalue weighted by molar-refractivity contribution is 7.92. The molecule has 0 aliphatic rings. The highest BCUT2D eigenvalue weighted by Gasteiger charge is 2.28. The first-order valence-corrected chi connectivity index (χ1v) is 8.72. The summed E-state index contributed by atoms with van der Waals surface area (Å²) in [6, 6.07) is 0. The van der Waals surface area contributed by atoms with Gasteiger partial charge in [-0.2, -0.15) is 0 Å². The molecule has 0 amide bonds. The molecule has 0 saturated carbocycles. The predicted octanol–water partition coefficient (Wildman–Crippen LogP) is 0.791. The van der Waals surface area contributed by atoms with Crippen molar-refractivity contribution >= 4 is 15.8 Å². The second-order valence-corrected chi connectivity index (χ2v) is 8.18. The highest BCUT2D eigenvalue weighted by atomic mass is 32.2. The topological polar surface area (TPSA) is 79.8 Å². The zero-order valence-electron chi connectivity index (χ0n) is 13.3. The van der Waals surface area contributed by atoms with Gasteiger partial charge in [-0.25, -0.2) is 8.42 Å². The lowest BCUT2D eigenvalue weighted by Gasteiger charge is -2.19. The Morgan fingerprint density at radius 2 is 1.85 bits per heavy atom. The van der Waals surface area contributed by atoms with Gasteiger partial charge in [0.05, 0.1) is 23.7 Å². The van der Waals surface area contributed by atoms with Crippen molar-refractivity contribution < 1.29 is 13.2 Å². The molecule has 0 unspecified atom stereocenters. The van der Waals surface area contributed by atoms with E-state index in [1.165, 1.54) is 0 Å². The molecule has 0 aromatic heterocycles. The summed E-state index contributed by atoms with van der Waals surface area (Å²) in [5, 5.41) is 6.10. The maximum absolute atomic E-state index is 12.0. The van der Waals surface area contributed by atoms with Crippen LogP contribution >= 0.6 is 0 Å². The molecule has 7 heteroatoms. The Morgan fingerprint density at radius 1 is 1.20 bits per heavy atom. The Balaban J connectivity index is 4.28. The van der Waals surface area contributed by atoms with E-state index >= 15 is 0 Å². The van der Waals surface area contributed by atoms with Crippen LogP contribution in [0.2, 0.25) is 0 Å². The molecule has 0 fully saturated rings. The first-order chi connectivity index (χ1) is 9.24. The monoisotopic (exact) mass is 307 g/mol. The summed E-state index contributed by atoms with van der Waals surface area (Å²) >= 11 is 0. The molecule has 0 aliphatic carbocycles. The Hall–Kier alpha value is -0.820. The lowest BCUT2D eigenvalue weighted by atomic mass is 10.3. The van der Waals surface area contributed by atoms with Crippen LogP contribution in [0.15, 0.2) is 4.99 Å². The van der Waals surface area contributed by atoms with Crippen LogP contribution < -0.4 is 10.6 Å². The van der Waals surface area contributed by atoms with Gasteiger partial charge >= 0.3 is 0 Å². The summed E-state index contributed by atoms with van der Waals surface area (Å²) in [5.41, 5.74) is 0. The van der Waals surface area contributed by atoms with Crippen LogP contribution in [0.3, 0.4) is 0 Å². The van der Waals surface area contributed by atoms with Crippen molar-refractivity contribution in [2.45, 2.75) is 39.4 Å². The van der Waals surface area contributed by atoms with Crippen molar-refractivity contribution in [3.8, 4) is 0 Å². The first-order valence-electron chi connectivity index (χ1n) is 7.06. The van der Waals surface area contributed by atoms with Crippen LogP contribution in [0, 0.1) is 0 Å². The lowest BCUT2D eigenvalue weighted by molar-refractivity contribution is 0.155. The number of aliphatic imine (C=N–C) groups is 1. The molecule has 0 radical (unpaired) electrons. The molecule has 0 aromatic carbocycles. The largest absolute Gasteiger partial charge is 0.380 e. The number of guanidine groups is 1. The van der Waals surface area contributed by atoms with E-state index in [4.69, 9.17) is 4.74 Å². The van der Waals surface area contributed by atoms with Gasteiger partial charge < -0.3 is 15.4 Å². The van der Waals surface area contributed by atoms with Gasteiger partial charge in [0.25, 0.3) is 0 Å². The smallest absolute Gasteiger partial charge is 0.191 e. The Bertz CT molecular complexity index is 386. The molecule has 0 rings (SSSR count). The van der Waals surface area contributed by atoms with Gasteiger partial charge in [-0.15, -0.1) is 0 Å². The molecular formula is C13H29N3O3S. The van der Waals surface area contributed by atoms with Gasteiger partial charge in [-0.3, -0.25) is 4.99 Å². The minimum atomic E-state index is -3.11. The molecular weight excluding hydrogens is 278 g/mol. The normalized spacial score (nSPS) is 13.3. The van der Waals surface area contributed by atoms with Gasteiger partial charge in [0.2, 0.25) is 0 Å². The molecule has 0 spiro atoms. The zero-order chi connectivity index (χ0) is 15.6. The van der Waals surface area contributed by atoms with Gasteiger partial charge in [0.1, 0.15) is 0 Å². The van der Waals surface area contributed by atoms with Crippen LogP contribution in [0.25, 0.3) is 0 Å². The fourth-order valence-electron chi connectivity index (χ4n) is 1.32. The molecule has 120 valence electrons. The molecule has 0 aromatic rings. The second-order valence-electron chi connectivity index (χ2n) is 5.32. The van der Waals surface area contributed by atoms with Gasteiger partial charge in [0, 0.05) is 19.7 Å². The predicted molar refractivity (Wildman–Crippen MR) is 84.0 cm³/mol. The Labute approximate surface area is 123 Å². The van der Waals surface area contributed by atoms with E-state index in [9.17, 15) is 8.42 Å². The van der Waals surface area contributed by atoms with E-state index < -0.39 is 14.6 Å². The van der Waals surface area contributed by atoms with Crippen molar-refractivity contribution in [3.63, 3.8) is 0 Å². The molecule has 0 bridgehead atoms. The van der Waals surface area contributed by atoms with E-state index in [1.54, 1.807) is 20.8 Å². The second kappa shape index (κ2) is 9.18. The van der Waals surface area contributed by atoms with Crippen LogP contribution in [0.4, 0.5) is 0 Å². The van der Waals surface area contributed by atoms with Crippen molar-refractivity contribution in [1.82, 2.24) is 10.6 Å². The standard InChI is InChI=1S/C13H29N3O3S/c1-6-14-12(15-8-10-19-7-2)16-9-11-20(17,18)13(3,4)5/h6-11H2,1-5H3,(H2,14,15,16). The number of hydrogen-bond donors (Lipinski definition) is 2. The zero-order valence-corrected chi connectivity index (χ0v) is 14.1. The third-order valence-corrected chi connectivity index (χ3v) is 5.26. The number of rotatable bonds is 8. The minimum Gasteiger partial charge on any atom is -0.380 e. The SMILES string of the molecule is CCNC(=NCCOCC)NCCS(=O)(=O)C(C)(C)C. The van der Waals surface area contributed by atoms with Crippen LogP contribution in [-0.2, 0) is 14.6 Å². The summed E-state index contributed by atoms with van der Waals surface area (Å²) in [4.78, 5) is 4.31. The Kier molecular flexibility index (Phi) is 8.80. The molecule has 6 nitrogen and oxygen atoms in total. The van der Waals surface area contributed by atoms with E-state index in [1.807, 2.05) is 13.8 Å². The maximum Gasteiger partial charge on any atom is 0.191 e. The minimum absolute atomic E-state index is 0.0897. The number of nitrogens with zero attached hydrogens (tertiary/aromatic N) is 1. The first kappa shape index (κ1) is 19.2. The van der Waals surface area contributed by atoms with Crippen LogP contribution in [-0.4, -0.2) is 57.7 Å². The third-order valence-electron chi connectivity index (χ3n) is 2.65. The van der Waals surface area contributed by atoms with Crippen LogP contribution in [0.1, 0.15) is 34.6 Å². The van der Waals surface area contributed by atoms with Gasteiger partial charge in [-0.05, 0) is 34.6 Å². The average molecular weight is 307 g/mol.